The van der Waals surface area contributed by atoms with Gasteiger partial charge in [0.15, 0.2) is 11.5 Å². The molecule has 0 saturated carbocycles. The quantitative estimate of drug-likeness (QED) is 0.799. The molecule has 0 saturated heterocycles. The van der Waals surface area contributed by atoms with E-state index in [2.05, 4.69) is 0 Å². The summed E-state index contributed by atoms with van der Waals surface area (Å²) in [5.74, 6) is -1.27. The number of para-hydroxylation sites is 1. The minimum Gasteiger partial charge on any atom is -0.504 e. The standard InChI is InChI=1S/C11H14O4/c1-3-7(2)15-9-6-4-5-8(10(9)12)11(13)14/h4-7,12H,3H2,1-2H3,(H,13,14). The van der Waals surface area contributed by atoms with Gasteiger partial charge in [0.1, 0.15) is 5.56 Å². The molecule has 1 aromatic carbocycles. The van der Waals surface area contributed by atoms with Gasteiger partial charge in [-0.2, -0.15) is 0 Å². The maximum Gasteiger partial charge on any atom is 0.339 e. The third kappa shape index (κ3) is 2.62. The minimum absolute atomic E-state index is 0.0556. The molecular weight excluding hydrogens is 196 g/mol. The predicted octanol–water partition coefficient (Wildman–Crippen LogP) is 2.27. The van der Waals surface area contributed by atoms with E-state index in [1.807, 2.05) is 13.8 Å². The number of rotatable bonds is 4. The fraction of sp³-hybridized carbons (Fsp3) is 0.364. The number of hydrogen-bond donors (Lipinski definition) is 2. The molecule has 0 bridgehead atoms. The van der Waals surface area contributed by atoms with Gasteiger partial charge in [-0.3, -0.25) is 0 Å². The summed E-state index contributed by atoms with van der Waals surface area (Å²) in [4.78, 5) is 10.7. The lowest BCUT2D eigenvalue weighted by molar-refractivity contribution is 0.0692. The summed E-state index contributed by atoms with van der Waals surface area (Å²) in [5, 5.41) is 18.4. The van der Waals surface area contributed by atoms with Gasteiger partial charge in [0.25, 0.3) is 0 Å². The molecular formula is C11H14O4. The lowest BCUT2D eigenvalue weighted by Gasteiger charge is -2.14. The van der Waals surface area contributed by atoms with E-state index in [0.717, 1.165) is 6.42 Å². The van der Waals surface area contributed by atoms with Crippen molar-refractivity contribution in [2.75, 3.05) is 0 Å². The molecule has 2 N–H and O–H groups in total. The van der Waals surface area contributed by atoms with Crippen molar-refractivity contribution in [1.29, 1.82) is 0 Å². The van der Waals surface area contributed by atoms with Gasteiger partial charge in [0, 0.05) is 0 Å². The minimum atomic E-state index is -1.16. The number of carboxylic acids is 1. The third-order valence-corrected chi connectivity index (χ3v) is 2.13. The van der Waals surface area contributed by atoms with Gasteiger partial charge < -0.3 is 14.9 Å². The van der Waals surface area contributed by atoms with Gasteiger partial charge in [-0.05, 0) is 25.5 Å². The van der Waals surface area contributed by atoms with Crippen LogP contribution in [0.3, 0.4) is 0 Å². The first-order valence-corrected chi connectivity index (χ1v) is 4.78. The van der Waals surface area contributed by atoms with Gasteiger partial charge >= 0.3 is 5.97 Å². The van der Waals surface area contributed by atoms with Crippen LogP contribution in [0.4, 0.5) is 0 Å². The number of aromatic hydroxyl groups is 1. The summed E-state index contributed by atoms with van der Waals surface area (Å²) in [6.45, 7) is 3.80. The Balaban J connectivity index is 2.99. The van der Waals surface area contributed by atoms with Crippen molar-refractivity contribution in [2.24, 2.45) is 0 Å². The summed E-state index contributed by atoms with van der Waals surface area (Å²) in [6.07, 6.45) is 0.733. The zero-order chi connectivity index (χ0) is 11.4. The third-order valence-electron chi connectivity index (χ3n) is 2.13. The van der Waals surface area contributed by atoms with Gasteiger partial charge in [0.05, 0.1) is 6.10 Å². The number of ether oxygens (including phenoxy) is 1. The van der Waals surface area contributed by atoms with Crippen molar-refractivity contribution in [3.8, 4) is 11.5 Å². The molecule has 15 heavy (non-hydrogen) atoms. The molecule has 0 heterocycles. The number of aromatic carboxylic acids is 1. The van der Waals surface area contributed by atoms with E-state index in [1.54, 1.807) is 12.1 Å². The van der Waals surface area contributed by atoms with Gasteiger partial charge in [0.2, 0.25) is 0 Å². The van der Waals surface area contributed by atoms with Crippen LogP contribution in [0.1, 0.15) is 30.6 Å². The molecule has 1 atom stereocenters. The summed E-state index contributed by atoms with van der Waals surface area (Å²) in [7, 11) is 0. The molecule has 1 aromatic rings. The first-order valence-electron chi connectivity index (χ1n) is 4.78. The molecule has 4 heteroatoms. The van der Waals surface area contributed by atoms with Crippen molar-refractivity contribution in [3.05, 3.63) is 23.8 Å². The summed E-state index contributed by atoms with van der Waals surface area (Å²) < 4.78 is 5.37. The summed E-state index contributed by atoms with van der Waals surface area (Å²) in [6, 6.07) is 4.43. The van der Waals surface area contributed by atoms with E-state index in [9.17, 15) is 9.90 Å². The fourth-order valence-electron chi connectivity index (χ4n) is 1.09. The normalized spacial score (nSPS) is 12.1. The van der Waals surface area contributed by atoms with Crippen LogP contribution in [0.15, 0.2) is 18.2 Å². The van der Waals surface area contributed by atoms with Crippen LogP contribution in [0, 0.1) is 0 Å². The second kappa shape index (κ2) is 4.68. The number of carbonyl (C=O) groups is 1. The van der Waals surface area contributed by atoms with Gasteiger partial charge in [-0.15, -0.1) is 0 Å². The highest BCUT2D eigenvalue weighted by Gasteiger charge is 2.14. The molecule has 0 aromatic heterocycles. The monoisotopic (exact) mass is 210 g/mol. The smallest absolute Gasteiger partial charge is 0.339 e. The average Bonchev–Trinajstić information content (AvgIpc) is 2.20. The highest BCUT2D eigenvalue weighted by atomic mass is 16.5. The van der Waals surface area contributed by atoms with Crippen molar-refractivity contribution in [1.82, 2.24) is 0 Å². The second-order valence-electron chi connectivity index (χ2n) is 3.29. The first kappa shape index (κ1) is 11.4. The Bertz CT molecular complexity index is 360. The summed E-state index contributed by atoms with van der Waals surface area (Å²) in [5.41, 5.74) is -0.143. The molecule has 1 unspecified atom stereocenters. The van der Waals surface area contributed by atoms with Crippen molar-refractivity contribution < 1.29 is 19.7 Å². The Morgan fingerprint density at radius 1 is 1.53 bits per heavy atom. The second-order valence-corrected chi connectivity index (χ2v) is 3.29. The maximum atomic E-state index is 10.7. The van der Waals surface area contributed by atoms with Crippen LogP contribution in [-0.2, 0) is 0 Å². The Hall–Kier alpha value is -1.71. The molecule has 0 aliphatic heterocycles. The zero-order valence-corrected chi connectivity index (χ0v) is 8.73. The summed E-state index contributed by atoms with van der Waals surface area (Å²) >= 11 is 0. The maximum absolute atomic E-state index is 10.7. The molecule has 0 radical (unpaired) electrons. The number of benzene rings is 1. The van der Waals surface area contributed by atoms with E-state index >= 15 is 0 Å². The van der Waals surface area contributed by atoms with Crippen molar-refractivity contribution in [2.45, 2.75) is 26.4 Å². The molecule has 0 aliphatic carbocycles. The first-order chi connectivity index (χ1) is 7.06. The van der Waals surface area contributed by atoms with E-state index in [1.165, 1.54) is 6.07 Å². The highest BCUT2D eigenvalue weighted by Crippen LogP contribution is 2.30. The molecule has 82 valence electrons. The fourth-order valence-corrected chi connectivity index (χ4v) is 1.09. The molecule has 0 fully saturated rings. The SMILES string of the molecule is CCC(C)Oc1cccc(C(=O)O)c1O. The zero-order valence-electron chi connectivity index (χ0n) is 8.73. The Morgan fingerprint density at radius 2 is 2.20 bits per heavy atom. The molecule has 0 spiro atoms. The number of carboxylic acid groups (broad SMARTS) is 1. The van der Waals surface area contributed by atoms with Gasteiger partial charge in [-0.25, -0.2) is 4.79 Å². The van der Waals surface area contributed by atoms with Crippen LogP contribution < -0.4 is 4.74 Å². The van der Waals surface area contributed by atoms with Crippen LogP contribution in [-0.4, -0.2) is 22.3 Å². The molecule has 0 amide bonds. The van der Waals surface area contributed by atoms with Gasteiger partial charge in [-0.1, -0.05) is 13.0 Å². The molecule has 0 aliphatic rings. The Morgan fingerprint density at radius 3 is 2.73 bits per heavy atom. The topological polar surface area (TPSA) is 66.8 Å². The average molecular weight is 210 g/mol. The number of phenols is 1. The van der Waals surface area contributed by atoms with E-state index in [0.29, 0.717) is 0 Å². The van der Waals surface area contributed by atoms with Crippen molar-refractivity contribution >= 4 is 5.97 Å². The van der Waals surface area contributed by atoms with Crippen LogP contribution in [0.2, 0.25) is 0 Å². The lowest BCUT2D eigenvalue weighted by atomic mass is 10.2. The lowest BCUT2D eigenvalue weighted by Crippen LogP contribution is -2.10. The van der Waals surface area contributed by atoms with E-state index < -0.39 is 5.97 Å². The largest absolute Gasteiger partial charge is 0.504 e. The number of hydrogen-bond acceptors (Lipinski definition) is 3. The predicted molar refractivity (Wildman–Crippen MR) is 55.4 cm³/mol. The molecule has 4 nitrogen and oxygen atoms in total. The van der Waals surface area contributed by atoms with E-state index in [-0.39, 0.29) is 23.2 Å². The van der Waals surface area contributed by atoms with Crippen molar-refractivity contribution in [3.63, 3.8) is 0 Å². The highest BCUT2D eigenvalue weighted by molar-refractivity contribution is 5.91. The Kier molecular flexibility index (Phi) is 3.55. The molecule has 1 rings (SSSR count). The van der Waals surface area contributed by atoms with E-state index in [4.69, 9.17) is 9.84 Å². The van der Waals surface area contributed by atoms with Crippen LogP contribution in [0.5, 0.6) is 11.5 Å². The van der Waals surface area contributed by atoms with Crippen LogP contribution >= 0.6 is 0 Å². The van der Waals surface area contributed by atoms with Crippen LogP contribution in [0.25, 0.3) is 0 Å². The Labute approximate surface area is 88.1 Å².